The highest BCUT2D eigenvalue weighted by Crippen LogP contribution is 2.31. The third kappa shape index (κ3) is 2.73. The topological polar surface area (TPSA) is 78.7 Å². The van der Waals surface area contributed by atoms with Crippen LogP contribution < -0.4 is 0 Å². The first-order valence-corrected chi connectivity index (χ1v) is 4.20. The normalized spacial score (nSPS) is 25.9. The number of nitrogens with zero attached hydrogens (tertiary/aromatic N) is 1. The summed E-state index contributed by atoms with van der Waals surface area (Å²) in [5, 5.41) is 9.00. The van der Waals surface area contributed by atoms with Crippen molar-refractivity contribution in [2.24, 2.45) is 5.92 Å². The minimum atomic E-state index is -0.853. The van der Waals surface area contributed by atoms with Crippen molar-refractivity contribution in [3.8, 4) is 0 Å². The van der Waals surface area contributed by atoms with Crippen molar-refractivity contribution in [1.29, 1.82) is 0 Å². The Bertz CT molecular complexity index is 215. The summed E-state index contributed by atoms with van der Waals surface area (Å²) in [5.74, 6) is -0.720. The van der Waals surface area contributed by atoms with E-state index in [0.717, 1.165) is 0 Å². The number of hydrogen-bond acceptors (Lipinski definition) is 5. The Kier molecular flexibility index (Phi) is 3.30. The van der Waals surface area contributed by atoms with Gasteiger partial charge in [-0.25, -0.2) is 0 Å². The molecule has 1 saturated carbocycles. The first-order chi connectivity index (χ1) is 6.13. The molecule has 0 aromatic heterocycles. The maximum Gasteiger partial charge on any atom is 0.310 e. The predicted octanol–water partition coefficient (Wildman–Crippen LogP) is 0.713. The van der Waals surface area contributed by atoms with Crippen molar-refractivity contribution in [3.63, 3.8) is 0 Å². The van der Waals surface area contributed by atoms with Crippen LogP contribution in [-0.4, -0.2) is 23.2 Å². The standard InChI is InChI=1S/C6H8ClNO5/c7-3-12-6(9)4-1-5(2-4)13-8(10)11/h4-5H,1-3H2. The second-order valence-electron chi connectivity index (χ2n) is 2.69. The molecule has 0 unspecified atom stereocenters. The smallest absolute Gasteiger partial charge is 0.310 e. The summed E-state index contributed by atoms with van der Waals surface area (Å²) in [5.41, 5.74) is 0. The fraction of sp³-hybridized carbons (Fsp3) is 0.833. The Hall–Kier alpha value is -1.04. The number of hydrogen-bond donors (Lipinski definition) is 0. The van der Waals surface area contributed by atoms with Gasteiger partial charge in [0.05, 0.1) is 5.92 Å². The van der Waals surface area contributed by atoms with Crippen molar-refractivity contribution in [2.45, 2.75) is 18.9 Å². The van der Waals surface area contributed by atoms with E-state index < -0.39 is 17.2 Å². The molecular formula is C6H8ClNO5. The van der Waals surface area contributed by atoms with Crippen LogP contribution in [0.25, 0.3) is 0 Å². The van der Waals surface area contributed by atoms with Crippen LogP contribution in [0.4, 0.5) is 0 Å². The molecule has 0 bridgehead atoms. The molecule has 0 saturated heterocycles. The first kappa shape index (κ1) is 10.0. The lowest BCUT2D eigenvalue weighted by Gasteiger charge is -2.30. The van der Waals surface area contributed by atoms with Crippen molar-refractivity contribution in [3.05, 3.63) is 10.1 Å². The predicted molar refractivity (Wildman–Crippen MR) is 41.4 cm³/mol. The fourth-order valence-electron chi connectivity index (χ4n) is 1.14. The molecule has 0 N–H and O–H groups in total. The van der Waals surface area contributed by atoms with E-state index in [4.69, 9.17) is 11.6 Å². The van der Waals surface area contributed by atoms with Gasteiger partial charge in [-0.2, -0.15) is 0 Å². The van der Waals surface area contributed by atoms with Gasteiger partial charge in [0.1, 0.15) is 6.10 Å². The molecule has 0 radical (unpaired) electrons. The van der Waals surface area contributed by atoms with E-state index in [-0.39, 0.29) is 12.0 Å². The van der Waals surface area contributed by atoms with Gasteiger partial charge in [-0.15, -0.1) is 10.1 Å². The van der Waals surface area contributed by atoms with Gasteiger partial charge in [0.15, 0.2) is 6.07 Å². The molecule has 1 aliphatic rings. The summed E-state index contributed by atoms with van der Waals surface area (Å²) in [6, 6.07) is -0.184. The maximum absolute atomic E-state index is 10.9. The highest BCUT2D eigenvalue weighted by molar-refractivity contribution is 6.17. The molecule has 0 atom stereocenters. The van der Waals surface area contributed by atoms with Crippen molar-refractivity contribution in [2.75, 3.05) is 6.07 Å². The van der Waals surface area contributed by atoms with Crippen LogP contribution in [0.1, 0.15) is 12.8 Å². The van der Waals surface area contributed by atoms with Crippen LogP contribution in [0.2, 0.25) is 0 Å². The van der Waals surface area contributed by atoms with Crippen molar-refractivity contribution < 1.29 is 19.5 Å². The van der Waals surface area contributed by atoms with Gasteiger partial charge < -0.3 is 9.57 Å². The highest BCUT2D eigenvalue weighted by Gasteiger charge is 2.37. The number of esters is 1. The van der Waals surface area contributed by atoms with E-state index in [1.54, 1.807) is 0 Å². The van der Waals surface area contributed by atoms with E-state index in [1.165, 1.54) is 0 Å². The largest absolute Gasteiger partial charge is 0.449 e. The van der Waals surface area contributed by atoms with Gasteiger partial charge in [0.25, 0.3) is 5.09 Å². The van der Waals surface area contributed by atoms with Gasteiger partial charge in [-0.1, -0.05) is 11.6 Å². The van der Waals surface area contributed by atoms with Gasteiger partial charge in [0.2, 0.25) is 0 Å². The average Bonchev–Trinajstić information content (AvgIpc) is 1.95. The molecule has 7 heteroatoms. The van der Waals surface area contributed by atoms with Crippen molar-refractivity contribution >= 4 is 17.6 Å². The molecule has 13 heavy (non-hydrogen) atoms. The maximum atomic E-state index is 10.9. The summed E-state index contributed by atoms with van der Waals surface area (Å²) in [7, 11) is 0. The Labute approximate surface area is 78.9 Å². The Balaban J connectivity index is 2.17. The van der Waals surface area contributed by atoms with Gasteiger partial charge in [-0.3, -0.25) is 4.79 Å². The van der Waals surface area contributed by atoms with E-state index in [2.05, 4.69) is 9.57 Å². The molecule has 6 nitrogen and oxygen atoms in total. The molecule has 0 aromatic rings. The molecule has 74 valence electrons. The minimum Gasteiger partial charge on any atom is -0.449 e. The summed E-state index contributed by atoms with van der Waals surface area (Å²) in [4.78, 5) is 25.0. The molecule has 0 spiro atoms. The summed E-state index contributed by atoms with van der Waals surface area (Å²) < 4.78 is 4.50. The molecule has 0 aliphatic heterocycles. The third-order valence-electron chi connectivity index (χ3n) is 1.86. The second kappa shape index (κ2) is 4.27. The Morgan fingerprint density at radius 2 is 2.23 bits per heavy atom. The van der Waals surface area contributed by atoms with E-state index in [0.29, 0.717) is 12.8 Å². The SMILES string of the molecule is O=C(OCCl)C1CC(O[N+](=O)[O-])C1. The molecule has 0 heterocycles. The number of rotatable bonds is 4. The molecular weight excluding hydrogens is 202 g/mol. The Morgan fingerprint density at radius 1 is 1.62 bits per heavy atom. The zero-order valence-corrected chi connectivity index (χ0v) is 7.40. The van der Waals surface area contributed by atoms with Crippen molar-refractivity contribution in [1.82, 2.24) is 0 Å². The van der Waals surface area contributed by atoms with E-state index in [9.17, 15) is 14.9 Å². The third-order valence-corrected chi connectivity index (χ3v) is 1.97. The molecule has 0 aromatic carbocycles. The molecule has 1 fully saturated rings. The lowest BCUT2D eigenvalue weighted by molar-refractivity contribution is -0.772. The number of halogens is 1. The molecule has 0 amide bonds. The first-order valence-electron chi connectivity index (χ1n) is 3.67. The number of carbonyl (C=O) groups excluding carboxylic acids is 1. The lowest BCUT2D eigenvalue weighted by Crippen LogP contribution is -2.38. The zero-order valence-electron chi connectivity index (χ0n) is 6.64. The van der Waals surface area contributed by atoms with Gasteiger partial charge in [0, 0.05) is 0 Å². The van der Waals surface area contributed by atoms with E-state index >= 15 is 0 Å². The summed E-state index contributed by atoms with van der Waals surface area (Å²) in [6.07, 6.45) is 0.191. The van der Waals surface area contributed by atoms with Crippen LogP contribution in [0.3, 0.4) is 0 Å². The number of alkyl halides is 1. The van der Waals surface area contributed by atoms with Crippen LogP contribution in [0.5, 0.6) is 0 Å². The Morgan fingerprint density at radius 3 is 2.69 bits per heavy atom. The average molecular weight is 210 g/mol. The quantitative estimate of drug-likeness (QED) is 0.295. The summed E-state index contributed by atoms with van der Waals surface area (Å²) in [6.45, 7) is 0. The zero-order chi connectivity index (χ0) is 9.84. The van der Waals surface area contributed by atoms with Crippen LogP contribution in [0.15, 0.2) is 0 Å². The highest BCUT2D eigenvalue weighted by atomic mass is 35.5. The molecule has 1 rings (SSSR count). The summed E-state index contributed by atoms with van der Waals surface area (Å²) >= 11 is 5.16. The van der Waals surface area contributed by atoms with Crippen LogP contribution >= 0.6 is 11.6 Å². The van der Waals surface area contributed by atoms with Gasteiger partial charge >= 0.3 is 5.97 Å². The van der Waals surface area contributed by atoms with Crippen LogP contribution in [0, 0.1) is 16.0 Å². The fourth-order valence-corrected chi connectivity index (χ4v) is 1.25. The minimum absolute atomic E-state index is 0.184. The monoisotopic (exact) mass is 209 g/mol. The van der Waals surface area contributed by atoms with Crippen LogP contribution in [-0.2, 0) is 14.4 Å². The number of carbonyl (C=O) groups is 1. The number of ether oxygens (including phenoxy) is 1. The van der Waals surface area contributed by atoms with E-state index in [1.807, 2.05) is 0 Å². The second-order valence-corrected chi connectivity index (χ2v) is 2.91. The lowest BCUT2D eigenvalue weighted by atomic mass is 9.82. The molecule has 1 aliphatic carbocycles. The van der Waals surface area contributed by atoms with Gasteiger partial charge in [-0.05, 0) is 12.8 Å².